The Bertz CT molecular complexity index is 374. The van der Waals surface area contributed by atoms with E-state index in [-0.39, 0.29) is 11.1 Å². The summed E-state index contributed by atoms with van der Waals surface area (Å²) in [7, 11) is 0. The fraction of sp³-hybridized carbons (Fsp3) is 0. The Kier molecular flexibility index (Phi) is 3.94. The topological polar surface area (TPSA) is 74.6 Å². The van der Waals surface area contributed by atoms with Crippen molar-refractivity contribution >= 4 is 67.3 Å². The maximum atomic E-state index is 10.8. The van der Waals surface area contributed by atoms with Gasteiger partial charge in [-0.1, -0.05) is 0 Å². The maximum absolute atomic E-state index is 10.8. The normalized spacial score (nSPS) is 9.71. The molecule has 0 fully saturated rings. The SMILES string of the molecule is O=C(O)c1c[c]([InH])c(C(=O)O)c[c]1[InH]. The van der Waals surface area contributed by atoms with E-state index in [4.69, 9.17) is 10.2 Å². The molecule has 1 rings (SSSR count). The summed E-state index contributed by atoms with van der Waals surface area (Å²) in [4.78, 5) is 21.5. The molecule has 0 aromatic heterocycles. The Hall–Kier alpha value is -0.0997. The first-order chi connectivity index (χ1) is 6.43. The molecule has 0 aliphatic rings. The summed E-state index contributed by atoms with van der Waals surface area (Å²) in [6, 6.07) is 2.99. The number of aromatic carboxylic acids is 2. The van der Waals surface area contributed by atoms with Gasteiger partial charge in [0, 0.05) is 0 Å². The standard InChI is InChI=1S/C8H4O4.2In.2H/c9-7(10)5-1-2-6(4-3-5)8(11)12;;;;/h1,4H,(H,9,10)(H,11,12);;;;. The number of carbonyl (C=O) groups is 2. The molecule has 0 spiro atoms. The summed E-state index contributed by atoms with van der Waals surface area (Å²) in [5.41, 5.74) is 0.528. The second kappa shape index (κ2) is 4.61. The van der Waals surface area contributed by atoms with E-state index < -0.39 is 11.9 Å². The molecule has 6 heteroatoms. The molecule has 14 heavy (non-hydrogen) atoms. The minimum atomic E-state index is -0.970. The van der Waals surface area contributed by atoms with Gasteiger partial charge in [-0.25, -0.2) is 0 Å². The van der Waals surface area contributed by atoms with Gasteiger partial charge in [-0.15, -0.1) is 0 Å². The number of hydrogen-bond acceptors (Lipinski definition) is 2. The molecular formula is C8H6In2O4. The van der Waals surface area contributed by atoms with Crippen LogP contribution in [-0.4, -0.2) is 70.9 Å². The van der Waals surface area contributed by atoms with Crippen LogP contribution in [0, 0.1) is 0 Å². The first-order valence-corrected chi connectivity index (χ1v) is 7.75. The zero-order valence-electron chi connectivity index (χ0n) is 7.28. The minimum absolute atomic E-state index is 0.264. The van der Waals surface area contributed by atoms with Gasteiger partial charge in [-0.05, 0) is 0 Å². The summed E-state index contributed by atoms with van der Waals surface area (Å²) in [6.45, 7) is 0. The number of rotatable bonds is 2. The molecule has 68 valence electrons. The van der Waals surface area contributed by atoms with Crippen LogP contribution in [0.25, 0.3) is 0 Å². The van der Waals surface area contributed by atoms with Crippen LogP contribution in [0.2, 0.25) is 0 Å². The molecule has 0 bridgehead atoms. The summed E-state index contributed by atoms with van der Waals surface area (Å²) in [5.74, 6) is -1.94. The van der Waals surface area contributed by atoms with Crippen molar-refractivity contribution in [3.63, 3.8) is 0 Å². The zero-order chi connectivity index (χ0) is 10.9. The Morgan fingerprint density at radius 2 is 1.21 bits per heavy atom. The van der Waals surface area contributed by atoms with Gasteiger partial charge in [0.05, 0.1) is 0 Å². The van der Waals surface area contributed by atoms with Crippen LogP contribution in [0.5, 0.6) is 0 Å². The third kappa shape index (κ3) is 2.48. The van der Waals surface area contributed by atoms with E-state index in [0.717, 1.165) is 0 Å². The van der Waals surface area contributed by atoms with E-state index in [2.05, 4.69) is 0 Å². The molecule has 0 heterocycles. The van der Waals surface area contributed by atoms with Gasteiger partial charge in [0.15, 0.2) is 0 Å². The molecule has 0 aliphatic carbocycles. The molecule has 0 saturated carbocycles. The van der Waals surface area contributed by atoms with Crippen LogP contribution in [0.4, 0.5) is 0 Å². The Morgan fingerprint density at radius 3 is 1.43 bits per heavy atom. The second-order valence-electron chi connectivity index (χ2n) is 2.78. The van der Waals surface area contributed by atoms with Crippen LogP contribution in [0.1, 0.15) is 20.7 Å². The van der Waals surface area contributed by atoms with Gasteiger partial charge < -0.3 is 0 Å². The third-order valence-electron chi connectivity index (χ3n) is 1.79. The third-order valence-corrected chi connectivity index (χ3v) is 5.13. The molecule has 4 nitrogen and oxygen atoms in total. The van der Waals surface area contributed by atoms with Crippen LogP contribution in [0.15, 0.2) is 12.1 Å². The Morgan fingerprint density at radius 1 is 0.929 bits per heavy atom. The predicted octanol–water partition coefficient (Wildman–Crippen LogP) is -1.86. The van der Waals surface area contributed by atoms with Crippen molar-refractivity contribution in [1.29, 1.82) is 0 Å². The van der Waals surface area contributed by atoms with Crippen molar-refractivity contribution in [1.82, 2.24) is 0 Å². The van der Waals surface area contributed by atoms with Gasteiger partial charge >= 0.3 is 110 Å². The molecule has 0 unspecified atom stereocenters. The van der Waals surface area contributed by atoms with Gasteiger partial charge in [0.25, 0.3) is 0 Å². The van der Waals surface area contributed by atoms with Crippen molar-refractivity contribution in [2.45, 2.75) is 0 Å². The van der Waals surface area contributed by atoms with E-state index in [0.29, 0.717) is 55.4 Å². The van der Waals surface area contributed by atoms with E-state index >= 15 is 0 Å². The molecule has 0 amide bonds. The fourth-order valence-electron chi connectivity index (χ4n) is 1.09. The molecular weight excluding hydrogens is 390 g/mol. The fourth-order valence-corrected chi connectivity index (χ4v) is 3.70. The molecule has 1 aromatic carbocycles. The molecule has 0 saturated heterocycles. The first kappa shape index (κ1) is 12.0. The van der Waals surface area contributed by atoms with Crippen molar-refractivity contribution < 1.29 is 19.8 Å². The number of carboxylic acids is 2. The second-order valence-corrected chi connectivity index (χ2v) is 7.13. The van der Waals surface area contributed by atoms with Crippen molar-refractivity contribution in [2.24, 2.45) is 0 Å². The first-order valence-electron chi connectivity index (χ1n) is 3.72. The van der Waals surface area contributed by atoms with E-state index in [1.54, 1.807) is 0 Å². The Labute approximate surface area is 109 Å². The molecule has 2 N–H and O–H groups in total. The van der Waals surface area contributed by atoms with Gasteiger partial charge in [-0.3, -0.25) is 0 Å². The van der Waals surface area contributed by atoms with Gasteiger partial charge in [0.2, 0.25) is 0 Å². The van der Waals surface area contributed by atoms with Crippen molar-refractivity contribution in [2.75, 3.05) is 0 Å². The van der Waals surface area contributed by atoms with E-state index in [1.165, 1.54) is 12.1 Å². The van der Waals surface area contributed by atoms with Crippen molar-refractivity contribution in [3.05, 3.63) is 23.3 Å². The molecule has 2 radical (unpaired) electrons. The van der Waals surface area contributed by atoms with E-state index in [1.807, 2.05) is 0 Å². The van der Waals surface area contributed by atoms with Gasteiger partial charge in [-0.2, -0.15) is 0 Å². The number of carboxylic acid groups (broad SMARTS) is 2. The molecule has 1 aromatic rings. The van der Waals surface area contributed by atoms with E-state index in [9.17, 15) is 9.59 Å². The zero-order valence-corrected chi connectivity index (χ0v) is 15.4. The van der Waals surface area contributed by atoms with Gasteiger partial charge in [0.1, 0.15) is 0 Å². The van der Waals surface area contributed by atoms with Crippen molar-refractivity contribution in [3.8, 4) is 0 Å². The average molecular weight is 396 g/mol. The van der Waals surface area contributed by atoms with Crippen LogP contribution >= 0.6 is 0 Å². The van der Waals surface area contributed by atoms with Crippen LogP contribution in [-0.2, 0) is 0 Å². The average Bonchev–Trinajstić information content (AvgIpc) is 2.07. The summed E-state index contributed by atoms with van der Waals surface area (Å²) in [5, 5.41) is 17.6. The van der Waals surface area contributed by atoms with Crippen LogP contribution < -0.4 is 6.64 Å². The predicted molar refractivity (Wildman–Crippen MR) is 53.9 cm³/mol. The van der Waals surface area contributed by atoms with Crippen LogP contribution in [0.3, 0.4) is 0 Å². The number of hydrogen-bond donors (Lipinski definition) is 2. The quantitative estimate of drug-likeness (QED) is 0.616. The summed E-state index contributed by atoms with van der Waals surface area (Å²) < 4.78 is 1.31. The summed E-state index contributed by atoms with van der Waals surface area (Å²) >= 11 is 0.607. The monoisotopic (exact) mass is 396 g/mol. The molecule has 0 atom stereocenters. The Balaban J connectivity index is 3.38. The summed E-state index contributed by atoms with van der Waals surface area (Å²) in [6.07, 6.45) is 0. The number of benzene rings is 1. The molecule has 0 aliphatic heterocycles.